The van der Waals surface area contributed by atoms with Gasteiger partial charge in [-0.15, -0.1) is 0 Å². The third-order valence-corrected chi connectivity index (χ3v) is 2.89. The lowest BCUT2D eigenvalue weighted by atomic mass is 10.3. The fourth-order valence-electron chi connectivity index (χ4n) is 1.87. The first-order valence-electron chi connectivity index (χ1n) is 5.47. The lowest BCUT2D eigenvalue weighted by molar-refractivity contribution is 0.414. The standard InChI is InChI=1S/C12H9ClN4O2/c1-19-8-4-2-3-7(5-8)17-10-9(15-12(17)18)6-14-11(13)16-10/h2-6H,1H3,(H,15,18). The number of fused-ring (bicyclic) bond motifs is 1. The molecule has 3 aromatic rings. The molecule has 0 saturated carbocycles. The summed E-state index contributed by atoms with van der Waals surface area (Å²) >= 11 is 5.77. The van der Waals surface area contributed by atoms with Crippen LogP contribution in [0.25, 0.3) is 16.9 Å². The Morgan fingerprint density at radius 3 is 3.05 bits per heavy atom. The zero-order valence-corrected chi connectivity index (χ0v) is 10.7. The highest BCUT2D eigenvalue weighted by Crippen LogP contribution is 2.18. The van der Waals surface area contributed by atoms with Gasteiger partial charge >= 0.3 is 5.69 Å². The molecule has 96 valence electrons. The minimum Gasteiger partial charge on any atom is -0.497 e. The predicted octanol–water partition coefficient (Wildman–Crippen LogP) is 1.77. The minimum atomic E-state index is -0.306. The van der Waals surface area contributed by atoms with Crippen LogP contribution in [0.1, 0.15) is 0 Å². The third kappa shape index (κ3) is 1.96. The molecule has 7 heteroatoms. The Balaban J connectivity index is 2.32. The first kappa shape index (κ1) is 11.7. The van der Waals surface area contributed by atoms with Crippen molar-refractivity contribution in [3.63, 3.8) is 0 Å². The number of nitrogens with one attached hydrogen (secondary N) is 1. The number of methoxy groups -OCH3 is 1. The van der Waals surface area contributed by atoms with Gasteiger partial charge in [0, 0.05) is 6.07 Å². The third-order valence-electron chi connectivity index (χ3n) is 2.71. The van der Waals surface area contributed by atoms with Gasteiger partial charge < -0.3 is 9.72 Å². The lowest BCUT2D eigenvalue weighted by Gasteiger charge is -2.05. The molecule has 0 unspecified atom stereocenters. The topological polar surface area (TPSA) is 72.8 Å². The molecular formula is C12H9ClN4O2. The molecule has 0 bridgehead atoms. The molecule has 0 amide bonds. The van der Waals surface area contributed by atoms with Gasteiger partial charge in [0.2, 0.25) is 5.28 Å². The monoisotopic (exact) mass is 276 g/mol. The fourth-order valence-corrected chi connectivity index (χ4v) is 2.00. The molecule has 1 aromatic carbocycles. The summed E-state index contributed by atoms with van der Waals surface area (Å²) in [5.41, 5.74) is 1.29. The van der Waals surface area contributed by atoms with Crippen LogP contribution in [0, 0.1) is 0 Å². The van der Waals surface area contributed by atoms with E-state index in [1.54, 1.807) is 31.4 Å². The van der Waals surface area contributed by atoms with E-state index in [1.165, 1.54) is 10.8 Å². The highest BCUT2D eigenvalue weighted by atomic mass is 35.5. The normalized spacial score (nSPS) is 10.8. The number of aromatic nitrogens is 4. The summed E-state index contributed by atoms with van der Waals surface area (Å²) in [6.45, 7) is 0. The zero-order valence-electron chi connectivity index (χ0n) is 9.92. The second-order valence-corrected chi connectivity index (χ2v) is 4.18. The van der Waals surface area contributed by atoms with E-state index in [0.29, 0.717) is 22.6 Å². The van der Waals surface area contributed by atoms with Gasteiger partial charge in [-0.3, -0.25) is 0 Å². The van der Waals surface area contributed by atoms with Gasteiger partial charge in [-0.25, -0.2) is 14.3 Å². The van der Waals surface area contributed by atoms with Gasteiger partial charge in [-0.2, -0.15) is 4.98 Å². The quantitative estimate of drug-likeness (QED) is 0.724. The van der Waals surface area contributed by atoms with Crippen molar-refractivity contribution >= 4 is 22.8 Å². The fraction of sp³-hybridized carbons (Fsp3) is 0.0833. The summed E-state index contributed by atoms with van der Waals surface area (Å²) in [6, 6.07) is 7.12. The predicted molar refractivity (Wildman–Crippen MR) is 71.0 cm³/mol. The largest absolute Gasteiger partial charge is 0.497 e. The molecule has 0 fully saturated rings. The Morgan fingerprint density at radius 2 is 2.26 bits per heavy atom. The summed E-state index contributed by atoms with van der Waals surface area (Å²) in [6.07, 6.45) is 1.47. The number of hydrogen-bond donors (Lipinski definition) is 1. The van der Waals surface area contributed by atoms with Crippen molar-refractivity contribution in [1.29, 1.82) is 0 Å². The van der Waals surface area contributed by atoms with Gasteiger partial charge in [0.1, 0.15) is 11.3 Å². The van der Waals surface area contributed by atoms with Crippen molar-refractivity contribution in [1.82, 2.24) is 19.5 Å². The first-order valence-corrected chi connectivity index (χ1v) is 5.84. The molecule has 6 nitrogen and oxygen atoms in total. The Hall–Kier alpha value is -2.34. The van der Waals surface area contributed by atoms with Crippen molar-refractivity contribution in [3.05, 3.63) is 46.2 Å². The Labute approximate surface area is 112 Å². The SMILES string of the molecule is COc1cccc(-n2c(=O)[nH]c3cnc(Cl)nc32)c1. The second-order valence-electron chi connectivity index (χ2n) is 3.84. The van der Waals surface area contributed by atoms with Crippen LogP contribution in [0.15, 0.2) is 35.3 Å². The smallest absolute Gasteiger partial charge is 0.332 e. The highest BCUT2D eigenvalue weighted by molar-refractivity contribution is 6.28. The average Bonchev–Trinajstić information content (AvgIpc) is 2.74. The molecule has 0 aliphatic heterocycles. The van der Waals surface area contributed by atoms with Crippen LogP contribution < -0.4 is 10.4 Å². The Kier molecular flexibility index (Phi) is 2.72. The van der Waals surface area contributed by atoms with Crippen LogP contribution >= 0.6 is 11.6 Å². The van der Waals surface area contributed by atoms with Gasteiger partial charge in [0.25, 0.3) is 0 Å². The molecule has 2 heterocycles. The van der Waals surface area contributed by atoms with E-state index >= 15 is 0 Å². The van der Waals surface area contributed by atoms with Gasteiger partial charge in [-0.05, 0) is 23.7 Å². The van der Waals surface area contributed by atoms with E-state index in [1.807, 2.05) is 0 Å². The minimum absolute atomic E-state index is 0.0862. The molecule has 0 aliphatic rings. The maximum atomic E-state index is 12.0. The number of imidazole rings is 1. The number of benzene rings is 1. The van der Waals surface area contributed by atoms with E-state index in [-0.39, 0.29) is 11.0 Å². The van der Waals surface area contributed by atoms with E-state index in [9.17, 15) is 4.79 Å². The van der Waals surface area contributed by atoms with Crippen molar-refractivity contribution in [2.24, 2.45) is 0 Å². The number of halogens is 1. The van der Waals surface area contributed by atoms with Crippen molar-refractivity contribution in [2.75, 3.05) is 7.11 Å². The molecule has 0 atom stereocenters. The number of H-pyrrole nitrogens is 1. The van der Waals surface area contributed by atoms with Crippen LogP contribution in [-0.2, 0) is 0 Å². The first-order chi connectivity index (χ1) is 9.19. The van der Waals surface area contributed by atoms with Crippen molar-refractivity contribution < 1.29 is 4.74 Å². The van der Waals surface area contributed by atoms with Crippen LogP contribution in [0.3, 0.4) is 0 Å². The number of rotatable bonds is 2. The summed E-state index contributed by atoms with van der Waals surface area (Å²) in [4.78, 5) is 22.6. The second kappa shape index (κ2) is 4.40. The summed E-state index contributed by atoms with van der Waals surface area (Å²) in [5, 5.41) is 0.0862. The maximum Gasteiger partial charge on any atom is 0.332 e. The van der Waals surface area contributed by atoms with Gasteiger partial charge in [0.15, 0.2) is 5.65 Å². The molecule has 2 aromatic heterocycles. The van der Waals surface area contributed by atoms with E-state index in [0.717, 1.165) is 0 Å². The van der Waals surface area contributed by atoms with Crippen LogP contribution in [0.5, 0.6) is 5.75 Å². The zero-order chi connectivity index (χ0) is 13.4. The summed E-state index contributed by atoms with van der Waals surface area (Å²) in [5.74, 6) is 0.652. The number of aromatic amines is 1. The summed E-state index contributed by atoms with van der Waals surface area (Å²) < 4.78 is 6.57. The number of ether oxygens (including phenoxy) is 1. The van der Waals surface area contributed by atoms with Crippen LogP contribution in [0.2, 0.25) is 5.28 Å². The van der Waals surface area contributed by atoms with Crippen molar-refractivity contribution in [3.8, 4) is 11.4 Å². The maximum absolute atomic E-state index is 12.0. The highest BCUT2D eigenvalue weighted by Gasteiger charge is 2.11. The summed E-state index contributed by atoms with van der Waals surface area (Å²) in [7, 11) is 1.57. The Morgan fingerprint density at radius 1 is 1.42 bits per heavy atom. The molecule has 0 saturated heterocycles. The molecule has 0 radical (unpaired) electrons. The average molecular weight is 277 g/mol. The van der Waals surface area contributed by atoms with Crippen LogP contribution in [-0.4, -0.2) is 26.6 Å². The van der Waals surface area contributed by atoms with Gasteiger partial charge in [0.05, 0.1) is 19.0 Å². The molecule has 3 rings (SSSR count). The number of hydrogen-bond acceptors (Lipinski definition) is 4. The van der Waals surface area contributed by atoms with Crippen molar-refractivity contribution in [2.45, 2.75) is 0 Å². The lowest BCUT2D eigenvalue weighted by Crippen LogP contribution is -2.14. The van der Waals surface area contributed by atoms with E-state index in [2.05, 4.69) is 15.0 Å². The van der Waals surface area contributed by atoms with Gasteiger partial charge in [-0.1, -0.05) is 6.07 Å². The van der Waals surface area contributed by atoms with Crippen LogP contribution in [0.4, 0.5) is 0 Å². The number of nitrogens with zero attached hydrogens (tertiary/aromatic N) is 3. The molecule has 0 spiro atoms. The molecule has 0 aliphatic carbocycles. The molecule has 1 N–H and O–H groups in total. The van der Waals surface area contributed by atoms with E-state index < -0.39 is 0 Å². The molecular weight excluding hydrogens is 268 g/mol. The Bertz CT molecular complexity index is 809. The molecule has 19 heavy (non-hydrogen) atoms. The van der Waals surface area contributed by atoms with E-state index in [4.69, 9.17) is 16.3 Å².